The molecule has 1 aliphatic carbocycles. The van der Waals surface area contributed by atoms with Crippen molar-refractivity contribution >= 4 is 0 Å². The van der Waals surface area contributed by atoms with E-state index < -0.39 is 0 Å². The van der Waals surface area contributed by atoms with Crippen LogP contribution in [0.15, 0.2) is 0 Å². The Morgan fingerprint density at radius 1 is 1.62 bits per heavy atom. The third kappa shape index (κ3) is 1.48. The maximum absolute atomic E-state index is 9.00. The van der Waals surface area contributed by atoms with Crippen molar-refractivity contribution in [3.63, 3.8) is 0 Å². The predicted molar refractivity (Wildman–Crippen MR) is 32.8 cm³/mol. The largest absolute Gasteiger partial charge is 0.387 e. The summed E-state index contributed by atoms with van der Waals surface area (Å²) < 4.78 is 0. The van der Waals surface area contributed by atoms with Gasteiger partial charge in [-0.15, -0.1) is 0 Å². The highest BCUT2D eigenvalue weighted by Gasteiger charge is 2.16. The molecule has 0 amide bonds. The monoisotopic (exact) mass is 113 g/mol. The molecule has 0 aromatic carbocycles. The van der Waals surface area contributed by atoms with Gasteiger partial charge in [0.2, 0.25) is 0 Å². The van der Waals surface area contributed by atoms with E-state index in [2.05, 4.69) is 6.92 Å². The first-order valence-electron chi connectivity index (χ1n) is 3.32. The van der Waals surface area contributed by atoms with Gasteiger partial charge in [0.05, 0.1) is 6.10 Å². The summed E-state index contributed by atoms with van der Waals surface area (Å²) in [5.74, 6) is 0.726. The van der Waals surface area contributed by atoms with Crippen LogP contribution >= 0.6 is 0 Å². The molecule has 1 atom stereocenters. The molecular formula is C7H13O. The van der Waals surface area contributed by atoms with Crippen molar-refractivity contribution in [1.29, 1.82) is 0 Å². The smallest absolute Gasteiger partial charge is 0.0936 e. The standard InChI is InChI=1S/C7H13O/c1-6-3-2-4-7(8)5-6/h6,8H,2-5H2,1H3. The molecule has 0 bridgehead atoms. The van der Waals surface area contributed by atoms with Crippen LogP contribution < -0.4 is 0 Å². The highest BCUT2D eigenvalue weighted by Crippen LogP contribution is 2.27. The van der Waals surface area contributed by atoms with Gasteiger partial charge in [-0.25, -0.2) is 0 Å². The fraction of sp³-hybridized carbons (Fsp3) is 0.857. The summed E-state index contributed by atoms with van der Waals surface area (Å²) in [5, 5.41) is 9.00. The Morgan fingerprint density at radius 3 is 2.75 bits per heavy atom. The highest BCUT2D eigenvalue weighted by molar-refractivity contribution is 4.82. The summed E-state index contributed by atoms with van der Waals surface area (Å²) in [5.41, 5.74) is 0. The fourth-order valence-electron chi connectivity index (χ4n) is 1.26. The molecule has 0 saturated heterocycles. The van der Waals surface area contributed by atoms with Gasteiger partial charge in [0.1, 0.15) is 0 Å². The van der Waals surface area contributed by atoms with Crippen LogP contribution in [-0.4, -0.2) is 5.11 Å². The summed E-state index contributed by atoms with van der Waals surface area (Å²) in [6, 6.07) is 0. The Hall–Kier alpha value is -0.0400. The van der Waals surface area contributed by atoms with E-state index >= 15 is 0 Å². The van der Waals surface area contributed by atoms with Gasteiger partial charge in [0.15, 0.2) is 0 Å². The van der Waals surface area contributed by atoms with Crippen LogP contribution in [0.3, 0.4) is 0 Å². The molecular weight excluding hydrogens is 100 g/mol. The lowest BCUT2D eigenvalue weighted by Gasteiger charge is -2.20. The molecule has 1 saturated carbocycles. The summed E-state index contributed by atoms with van der Waals surface area (Å²) in [4.78, 5) is 0. The van der Waals surface area contributed by atoms with E-state index in [0.717, 1.165) is 18.8 Å². The molecule has 1 heteroatoms. The zero-order valence-corrected chi connectivity index (χ0v) is 5.35. The van der Waals surface area contributed by atoms with Crippen molar-refractivity contribution < 1.29 is 5.11 Å². The summed E-state index contributed by atoms with van der Waals surface area (Å²) in [6.07, 6.45) is 5.09. The molecule has 1 nitrogen and oxygen atoms in total. The first-order valence-corrected chi connectivity index (χ1v) is 3.32. The maximum Gasteiger partial charge on any atom is 0.0936 e. The van der Waals surface area contributed by atoms with Crippen LogP contribution in [0, 0.1) is 12.0 Å². The quantitative estimate of drug-likeness (QED) is 0.510. The molecule has 0 aromatic rings. The molecule has 0 spiro atoms. The molecule has 1 aliphatic rings. The molecule has 1 unspecified atom stereocenters. The lowest BCUT2D eigenvalue weighted by Crippen LogP contribution is -2.09. The Bertz CT molecular complexity index is 62.8. The minimum Gasteiger partial charge on any atom is -0.387 e. The molecule has 0 heterocycles. The summed E-state index contributed by atoms with van der Waals surface area (Å²) in [6.45, 7) is 2.19. The summed E-state index contributed by atoms with van der Waals surface area (Å²) >= 11 is 0. The topological polar surface area (TPSA) is 20.2 Å². The van der Waals surface area contributed by atoms with Gasteiger partial charge in [0.25, 0.3) is 0 Å². The lowest BCUT2D eigenvalue weighted by atomic mass is 9.89. The maximum atomic E-state index is 9.00. The third-order valence-electron chi connectivity index (χ3n) is 1.75. The van der Waals surface area contributed by atoms with Crippen LogP contribution in [-0.2, 0) is 0 Å². The number of rotatable bonds is 0. The SMILES string of the molecule is CC1CCC[C](O)C1. The Morgan fingerprint density at radius 2 is 2.38 bits per heavy atom. The van der Waals surface area contributed by atoms with E-state index in [0.29, 0.717) is 6.10 Å². The van der Waals surface area contributed by atoms with Gasteiger partial charge < -0.3 is 5.11 Å². The molecule has 1 radical (unpaired) electrons. The number of aliphatic hydroxyl groups excluding tert-OH is 1. The highest BCUT2D eigenvalue weighted by atomic mass is 16.3. The van der Waals surface area contributed by atoms with E-state index in [9.17, 15) is 0 Å². The van der Waals surface area contributed by atoms with Crippen LogP contribution in [0.25, 0.3) is 0 Å². The second-order valence-electron chi connectivity index (χ2n) is 2.77. The number of hydrogen-bond acceptors (Lipinski definition) is 1. The van der Waals surface area contributed by atoms with E-state index in [1.54, 1.807) is 0 Å². The number of aliphatic hydroxyl groups is 1. The van der Waals surface area contributed by atoms with Crippen LogP contribution in [0.2, 0.25) is 0 Å². The molecule has 8 heavy (non-hydrogen) atoms. The zero-order valence-electron chi connectivity index (χ0n) is 5.35. The average Bonchev–Trinajstić information content (AvgIpc) is 1.64. The van der Waals surface area contributed by atoms with Gasteiger partial charge in [-0.2, -0.15) is 0 Å². The van der Waals surface area contributed by atoms with Crippen molar-refractivity contribution in [2.75, 3.05) is 0 Å². The van der Waals surface area contributed by atoms with E-state index in [-0.39, 0.29) is 0 Å². The van der Waals surface area contributed by atoms with E-state index in [4.69, 9.17) is 5.11 Å². The van der Waals surface area contributed by atoms with Gasteiger partial charge in [0, 0.05) is 0 Å². The Labute approximate surface area is 50.7 Å². The minimum atomic E-state index is 0.712. The van der Waals surface area contributed by atoms with E-state index in [1.807, 2.05) is 0 Å². The Kier molecular flexibility index (Phi) is 1.90. The second kappa shape index (κ2) is 2.49. The molecule has 1 rings (SSSR count). The van der Waals surface area contributed by atoms with Crippen molar-refractivity contribution in [2.45, 2.75) is 32.6 Å². The zero-order chi connectivity index (χ0) is 5.98. The minimum absolute atomic E-state index is 0.712. The van der Waals surface area contributed by atoms with Crippen molar-refractivity contribution in [1.82, 2.24) is 0 Å². The second-order valence-corrected chi connectivity index (χ2v) is 2.77. The van der Waals surface area contributed by atoms with Crippen LogP contribution in [0.1, 0.15) is 32.6 Å². The fourth-order valence-corrected chi connectivity index (χ4v) is 1.26. The first-order chi connectivity index (χ1) is 3.79. The normalized spacial score (nSPS) is 33.0. The van der Waals surface area contributed by atoms with E-state index in [1.165, 1.54) is 12.8 Å². The van der Waals surface area contributed by atoms with Crippen LogP contribution in [0.4, 0.5) is 0 Å². The Balaban J connectivity index is 2.23. The van der Waals surface area contributed by atoms with Crippen molar-refractivity contribution in [3.05, 3.63) is 6.10 Å². The summed E-state index contributed by atoms with van der Waals surface area (Å²) in [7, 11) is 0. The molecule has 47 valence electrons. The molecule has 1 N–H and O–H groups in total. The molecule has 1 fully saturated rings. The van der Waals surface area contributed by atoms with Gasteiger partial charge >= 0.3 is 0 Å². The predicted octanol–water partition coefficient (Wildman–Crippen LogP) is 2.10. The van der Waals surface area contributed by atoms with Crippen molar-refractivity contribution in [2.24, 2.45) is 5.92 Å². The van der Waals surface area contributed by atoms with Gasteiger partial charge in [-0.05, 0) is 18.8 Å². The molecule has 0 aromatic heterocycles. The van der Waals surface area contributed by atoms with Crippen LogP contribution in [0.5, 0.6) is 0 Å². The average molecular weight is 113 g/mol. The van der Waals surface area contributed by atoms with Crippen molar-refractivity contribution in [3.8, 4) is 0 Å². The first kappa shape index (κ1) is 6.09. The van der Waals surface area contributed by atoms with Gasteiger partial charge in [-0.3, -0.25) is 0 Å². The third-order valence-corrected chi connectivity index (χ3v) is 1.75. The van der Waals surface area contributed by atoms with Gasteiger partial charge in [-0.1, -0.05) is 19.8 Å². The molecule has 0 aliphatic heterocycles. The lowest BCUT2D eigenvalue weighted by molar-refractivity contribution is 0.208. The number of hydrogen-bond donors (Lipinski definition) is 1.